The molecule has 0 amide bonds. The minimum absolute atomic E-state index is 0.00245. The molecule has 1 aliphatic carbocycles. The van der Waals surface area contributed by atoms with Crippen LogP contribution in [0.25, 0.3) is 0 Å². The van der Waals surface area contributed by atoms with Crippen molar-refractivity contribution in [3.05, 3.63) is 36.0 Å². The van der Waals surface area contributed by atoms with E-state index in [-0.39, 0.29) is 18.0 Å². The highest BCUT2D eigenvalue weighted by molar-refractivity contribution is 5.90. The van der Waals surface area contributed by atoms with Gasteiger partial charge in [-0.15, -0.1) is 0 Å². The molecule has 1 heterocycles. The van der Waals surface area contributed by atoms with Gasteiger partial charge in [0.15, 0.2) is 0 Å². The fourth-order valence-corrected chi connectivity index (χ4v) is 2.81. The lowest BCUT2D eigenvalue weighted by atomic mass is 9.82. The van der Waals surface area contributed by atoms with Crippen LogP contribution in [0.15, 0.2) is 36.0 Å². The van der Waals surface area contributed by atoms with Gasteiger partial charge in [-0.1, -0.05) is 37.3 Å². The van der Waals surface area contributed by atoms with Gasteiger partial charge in [-0.2, -0.15) is 0 Å². The van der Waals surface area contributed by atoms with Crippen molar-refractivity contribution in [1.29, 1.82) is 0 Å². The Morgan fingerprint density at radius 2 is 2.11 bits per heavy atom. The largest absolute Gasteiger partial charge is 0.458 e. The van der Waals surface area contributed by atoms with Gasteiger partial charge in [-0.3, -0.25) is 0 Å². The molecule has 0 aromatic heterocycles. The summed E-state index contributed by atoms with van der Waals surface area (Å²) in [5.41, 5.74) is 2.98. The summed E-state index contributed by atoms with van der Waals surface area (Å²) in [5, 5.41) is 0. The highest BCUT2D eigenvalue weighted by Crippen LogP contribution is 2.37. The van der Waals surface area contributed by atoms with E-state index in [0.29, 0.717) is 11.5 Å². The number of allylic oxidation sites excluding steroid dienone is 3. The van der Waals surface area contributed by atoms with Crippen molar-refractivity contribution in [2.24, 2.45) is 11.8 Å². The summed E-state index contributed by atoms with van der Waals surface area (Å²) in [5.74, 6) is 0.478. The molecule has 98 valence electrons. The molecule has 2 nitrogen and oxygen atoms in total. The normalized spacial score (nSPS) is 33.8. The predicted molar refractivity (Wildman–Crippen MR) is 73.0 cm³/mol. The Bertz CT molecular complexity index is 417. The average Bonchev–Trinajstić information content (AvgIpc) is 2.56. The zero-order chi connectivity index (χ0) is 13.3. The third kappa shape index (κ3) is 2.58. The molecular weight excluding hydrogens is 224 g/mol. The van der Waals surface area contributed by atoms with Crippen LogP contribution in [0.4, 0.5) is 0 Å². The van der Waals surface area contributed by atoms with E-state index in [4.69, 9.17) is 4.74 Å². The zero-order valence-corrected chi connectivity index (χ0v) is 11.4. The summed E-state index contributed by atoms with van der Waals surface area (Å²) in [4.78, 5) is 11.7. The van der Waals surface area contributed by atoms with Crippen molar-refractivity contribution in [1.82, 2.24) is 0 Å². The maximum absolute atomic E-state index is 11.7. The van der Waals surface area contributed by atoms with E-state index >= 15 is 0 Å². The van der Waals surface area contributed by atoms with E-state index in [1.807, 2.05) is 0 Å². The Hall–Kier alpha value is -1.31. The third-order valence-electron chi connectivity index (χ3n) is 4.19. The minimum Gasteiger partial charge on any atom is -0.458 e. The minimum atomic E-state index is -0.217. The summed E-state index contributed by atoms with van der Waals surface area (Å²) in [6, 6.07) is 0. The van der Waals surface area contributed by atoms with Crippen molar-refractivity contribution in [3.63, 3.8) is 0 Å². The summed E-state index contributed by atoms with van der Waals surface area (Å²) in [7, 11) is 0. The lowest BCUT2D eigenvalue weighted by Gasteiger charge is -2.23. The fourth-order valence-electron chi connectivity index (χ4n) is 2.81. The average molecular weight is 246 g/mol. The van der Waals surface area contributed by atoms with E-state index in [9.17, 15) is 4.79 Å². The molecule has 2 rings (SSSR count). The number of ether oxygens (including phenoxy) is 1. The van der Waals surface area contributed by atoms with Crippen LogP contribution in [0.5, 0.6) is 0 Å². The molecular formula is C16H22O2. The molecule has 0 bridgehead atoms. The maximum Gasteiger partial charge on any atom is 0.334 e. The highest BCUT2D eigenvalue weighted by Gasteiger charge is 2.39. The van der Waals surface area contributed by atoms with Crippen molar-refractivity contribution in [2.75, 3.05) is 0 Å². The molecule has 0 N–H and O–H groups in total. The van der Waals surface area contributed by atoms with Crippen LogP contribution >= 0.6 is 0 Å². The van der Waals surface area contributed by atoms with Gasteiger partial charge in [-0.05, 0) is 38.5 Å². The zero-order valence-electron chi connectivity index (χ0n) is 11.4. The van der Waals surface area contributed by atoms with E-state index in [1.165, 1.54) is 5.57 Å². The van der Waals surface area contributed by atoms with E-state index in [2.05, 4.69) is 33.1 Å². The van der Waals surface area contributed by atoms with Crippen LogP contribution in [-0.4, -0.2) is 12.1 Å². The smallest absolute Gasteiger partial charge is 0.334 e. The highest BCUT2D eigenvalue weighted by atomic mass is 16.6. The number of carbonyl (C=O) groups is 1. The summed E-state index contributed by atoms with van der Waals surface area (Å²) in [6.45, 7) is 12.4. The molecule has 3 atom stereocenters. The van der Waals surface area contributed by atoms with Gasteiger partial charge < -0.3 is 4.74 Å². The third-order valence-corrected chi connectivity index (χ3v) is 4.19. The quantitative estimate of drug-likeness (QED) is 0.480. The van der Waals surface area contributed by atoms with E-state index in [0.717, 1.165) is 31.3 Å². The number of hydrogen-bond acceptors (Lipinski definition) is 2. The fraction of sp³-hybridized carbons (Fsp3) is 0.562. The molecule has 0 radical (unpaired) electrons. The van der Waals surface area contributed by atoms with Crippen molar-refractivity contribution < 1.29 is 9.53 Å². The van der Waals surface area contributed by atoms with Gasteiger partial charge in [-0.25, -0.2) is 4.79 Å². The van der Waals surface area contributed by atoms with Gasteiger partial charge in [0.2, 0.25) is 0 Å². The topological polar surface area (TPSA) is 26.3 Å². The standard InChI is InChI=1S/C16H22O2/c1-10-6-5-7-11(2)12(3)9-14-13(4)16(17)18-15(14)8-10/h7,10,14-15H,3-6,8-9H2,1-2H3/t10-,14-,15+/m0/s1. The number of rotatable bonds is 0. The predicted octanol–water partition coefficient (Wildman–Crippen LogP) is 3.80. The monoisotopic (exact) mass is 246 g/mol. The molecule has 0 aromatic carbocycles. The first-order valence-electron chi connectivity index (χ1n) is 6.73. The summed E-state index contributed by atoms with van der Waals surface area (Å²) >= 11 is 0. The van der Waals surface area contributed by atoms with Crippen molar-refractivity contribution in [3.8, 4) is 0 Å². The van der Waals surface area contributed by atoms with Gasteiger partial charge in [0.1, 0.15) is 6.10 Å². The molecule has 0 aromatic rings. The lowest BCUT2D eigenvalue weighted by Crippen LogP contribution is -2.21. The second-order valence-corrected chi connectivity index (χ2v) is 5.69. The molecule has 0 unspecified atom stereocenters. The first-order chi connectivity index (χ1) is 8.49. The van der Waals surface area contributed by atoms with Gasteiger partial charge in [0.05, 0.1) is 0 Å². The summed E-state index contributed by atoms with van der Waals surface area (Å²) < 4.78 is 5.46. The van der Waals surface area contributed by atoms with Crippen molar-refractivity contribution >= 4 is 5.97 Å². The number of esters is 1. The van der Waals surface area contributed by atoms with Crippen LogP contribution < -0.4 is 0 Å². The van der Waals surface area contributed by atoms with Crippen LogP contribution in [0.2, 0.25) is 0 Å². The Balaban J connectivity index is 2.25. The molecule has 1 fully saturated rings. The van der Waals surface area contributed by atoms with Crippen LogP contribution in [0, 0.1) is 11.8 Å². The van der Waals surface area contributed by atoms with E-state index in [1.54, 1.807) is 0 Å². The molecule has 0 spiro atoms. The van der Waals surface area contributed by atoms with Crippen LogP contribution in [-0.2, 0) is 9.53 Å². The molecule has 0 saturated carbocycles. The SMILES string of the molecule is C=C1C[C@H]2C(=C)C(=O)O[C@@H]2C[C@@H](C)CCC=C1C. The van der Waals surface area contributed by atoms with Gasteiger partial charge >= 0.3 is 5.97 Å². The maximum atomic E-state index is 11.7. The first kappa shape index (κ1) is 13.1. The lowest BCUT2D eigenvalue weighted by molar-refractivity contribution is -0.139. The van der Waals surface area contributed by atoms with Gasteiger partial charge in [0.25, 0.3) is 0 Å². The number of carbonyl (C=O) groups excluding carboxylic acids is 1. The van der Waals surface area contributed by atoms with E-state index < -0.39 is 0 Å². The second kappa shape index (κ2) is 5.13. The summed E-state index contributed by atoms with van der Waals surface area (Å²) in [6.07, 6.45) is 6.22. The first-order valence-corrected chi connectivity index (χ1v) is 6.73. The molecule has 2 aliphatic rings. The van der Waals surface area contributed by atoms with Gasteiger partial charge in [0, 0.05) is 11.5 Å². The Labute approximate surface area is 109 Å². The number of fused-ring (bicyclic) bond motifs is 1. The Kier molecular flexibility index (Phi) is 3.74. The molecule has 18 heavy (non-hydrogen) atoms. The number of hydrogen-bond donors (Lipinski definition) is 0. The Morgan fingerprint density at radius 1 is 1.39 bits per heavy atom. The molecule has 2 heteroatoms. The second-order valence-electron chi connectivity index (χ2n) is 5.69. The molecule has 1 aliphatic heterocycles. The molecule has 1 saturated heterocycles. The van der Waals surface area contributed by atoms with Crippen LogP contribution in [0.1, 0.15) is 39.5 Å². The Morgan fingerprint density at radius 3 is 2.83 bits per heavy atom. The van der Waals surface area contributed by atoms with Crippen molar-refractivity contribution in [2.45, 2.75) is 45.6 Å². The van der Waals surface area contributed by atoms with Crippen LogP contribution in [0.3, 0.4) is 0 Å².